The highest BCUT2D eigenvalue weighted by molar-refractivity contribution is 6.06. The molecule has 2 N–H and O–H groups in total. The third-order valence-electron chi connectivity index (χ3n) is 3.96. The largest absolute Gasteiger partial charge is 0.497 e. The Morgan fingerprint density at radius 2 is 1.60 bits per heavy atom. The maximum atomic E-state index is 12.3. The first kappa shape index (κ1) is 22.5. The van der Waals surface area contributed by atoms with Crippen molar-refractivity contribution in [2.24, 2.45) is 5.10 Å². The van der Waals surface area contributed by atoms with E-state index in [0.717, 1.165) is 5.56 Å². The van der Waals surface area contributed by atoms with Gasteiger partial charge in [-0.1, -0.05) is 12.1 Å². The number of carbonyl (C=O) groups excluding carboxylic acids is 2. The highest BCUT2D eigenvalue weighted by Crippen LogP contribution is 2.28. The van der Waals surface area contributed by atoms with Crippen LogP contribution in [0.5, 0.6) is 17.2 Å². The summed E-state index contributed by atoms with van der Waals surface area (Å²) in [6.07, 6.45) is -0.751. The summed E-state index contributed by atoms with van der Waals surface area (Å²) in [5.74, 6) is 1.47. The van der Waals surface area contributed by atoms with Crippen LogP contribution in [-0.2, 0) is 16.1 Å². The molecule has 160 valence electrons. The van der Waals surface area contributed by atoms with Crippen molar-refractivity contribution in [2.75, 3.05) is 26.6 Å². The van der Waals surface area contributed by atoms with Gasteiger partial charge in [0.25, 0.3) is 0 Å². The van der Waals surface area contributed by atoms with Gasteiger partial charge in [-0.05, 0) is 36.8 Å². The van der Waals surface area contributed by atoms with Crippen molar-refractivity contribution in [3.8, 4) is 17.2 Å². The zero-order chi connectivity index (χ0) is 21.9. The van der Waals surface area contributed by atoms with Crippen LogP contribution in [0.25, 0.3) is 0 Å². The molecule has 0 atom stereocenters. The van der Waals surface area contributed by atoms with Crippen LogP contribution in [0.1, 0.15) is 18.9 Å². The summed E-state index contributed by atoms with van der Waals surface area (Å²) in [6.45, 7) is 1.70. The van der Waals surface area contributed by atoms with Gasteiger partial charge in [0.2, 0.25) is 5.91 Å². The van der Waals surface area contributed by atoms with Gasteiger partial charge in [0.05, 0.1) is 33.4 Å². The molecule has 9 nitrogen and oxygen atoms in total. The van der Waals surface area contributed by atoms with Crippen LogP contribution in [0.2, 0.25) is 0 Å². The smallest absolute Gasteiger partial charge is 0.428 e. The lowest BCUT2D eigenvalue weighted by atomic mass is 10.2. The van der Waals surface area contributed by atoms with Crippen LogP contribution in [0.15, 0.2) is 47.6 Å². The molecule has 0 spiro atoms. The summed E-state index contributed by atoms with van der Waals surface area (Å²) in [5.41, 5.74) is 3.94. The molecule has 0 aliphatic carbocycles. The number of nitrogens with one attached hydrogen (secondary N) is 2. The Hall–Kier alpha value is -3.75. The average Bonchev–Trinajstić information content (AvgIpc) is 2.76. The molecular formula is C21H25N3O6. The first-order chi connectivity index (χ1) is 14.4. The number of nitrogens with zero attached hydrogens (tertiary/aromatic N) is 1. The maximum absolute atomic E-state index is 12.3. The first-order valence-corrected chi connectivity index (χ1v) is 9.06. The zero-order valence-corrected chi connectivity index (χ0v) is 17.4. The second-order valence-corrected chi connectivity index (χ2v) is 6.17. The minimum absolute atomic E-state index is 0.0286. The number of amides is 2. The first-order valence-electron chi connectivity index (χ1n) is 9.06. The molecule has 30 heavy (non-hydrogen) atoms. The number of carbonyl (C=O) groups is 2. The monoisotopic (exact) mass is 415 g/mol. The maximum Gasteiger partial charge on any atom is 0.428 e. The van der Waals surface area contributed by atoms with Crippen molar-refractivity contribution in [1.29, 1.82) is 0 Å². The zero-order valence-electron chi connectivity index (χ0n) is 17.4. The summed E-state index contributed by atoms with van der Waals surface area (Å²) in [4.78, 5) is 24.0. The molecule has 0 aliphatic heterocycles. The van der Waals surface area contributed by atoms with Crippen LogP contribution in [0.3, 0.4) is 0 Å². The van der Waals surface area contributed by atoms with E-state index in [0.29, 0.717) is 28.6 Å². The SMILES string of the molecule is COc1ccc(COC(=O)N/N=C(\C)CC(=O)Nc2cc(OC)ccc2OC)cc1. The molecule has 0 saturated carbocycles. The van der Waals surface area contributed by atoms with E-state index in [9.17, 15) is 9.59 Å². The highest BCUT2D eigenvalue weighted by Gasteiger charge is 2.11. The Balaban J connectivity index is 1.82. The Bertz CT molecular complexity index is 896. The predicted octanol–water partition coefficient (Wildman–Crippen LogP) is 3.34. The summed E-state index contributed by atoms with van der Waals surface area (Å²) in [6, 6.07) is 12.2. The predicted molar refractivity (Wildman–Crippen MR) is 112 cm³/mol. The lowest BCUT2D eigenvalue weighted by Gasteiger charge is -2.11. The summed E-state index contributed by atoms with van der Waals surface area (Å²) in [5, 5.41) is 6.61. The highest BCUT2D eigenvalue weighted by atomic mass is 16.6. The van der Waals surface area contributed by atoms with Crippen LogP contribution in [-0.4, -0.2) is 39.0 Å². The van der Waals surface area contributed by atoms with Gasteiger partial charge in [0.15, 0.2) is 0 Å². The molecular weight excluding hydrogens is 390 g/mol. The van der Waals surface area contributed by atoms with Gasteiger partial charge in [0, 0.05) is 11.8 Å². The molecule has 0 aliphatic rings. The fraction of sp³-hybridized carbons (Fsp3) is 0.286. The molecule has 2 aromatic rings. The van der Waals surface area contributed by atoms with Gasteiger partial charge < -0.3 is 24.3 Å². The van der Waals surface area contributed by atoms with Crippen molar-refractivity contribution < 1.29 is 28.5 Å². The lowest BCUT2D eigenvalue weighted by molar-refractivity contribution is -0.115. The molecule has 0 heterocycles. The van der Waals surface area contributed by atoms with E-state index in [1.54, 1.807) is 56.5 Å². The Kier molecular flexibility index (Phi) is 8.49. The number of methoxy groups -OCH3 is 3. The van der Waals surface area contributed by atoms with E-state index < -0.39 is 6.09 Å². The number of anilines is 1. The third-order valence-corrected chi connectivity index (χ3v) is 3.96. The van der Waals surface area contributed by atoms with Gasteiger partial charge >= 0.3 is 6.09 Å². The normalized spacial score (nSPS) is 10.7. The summed E-state index contributed by atoms with van der Waals surface area (Å²) in [7, 11) is 4.61. The van der Waals surface area contributed by atoms with E-state index in [4.69, 9.17) is 18.9 Å². The van der Waals surface area contributed by atoms with Crippen molar-refractivity contribution in [1.82, 2.24) is 5.43 Å². The van der Waals surface area contributed by atoms with Gasteiger partial charge in [-0.3, -0.25) is 4.79 Å². The molecule has 0 saturated heterocycles. The Labute approximate surface area is 175 Å². The minimum Gasteiger partial charge on any atom is -0.497 e. The fourth-order valence-electron chi connectivity index (χ4n) is 2.42. The quantitative estimate of drug-likeness (QED) is 0.480. The molecule has 2 amide bonds. The van der Waals surface area contributed by atoms with Gasteiger partial charge in [-0.2, -0.15) is 5.10 Å². The summed E-state index contributed by atoms with van der Waals surface area (Å²) >= 11 is 0. The molecule has 0 radical (unpaired) electrons. The molecule has 0 unspecified atom stereocenters. The van der Waals surface area contributed by atoms with Crippen molar-refractivity contribution >= 4 is 23.4 Å². The van der Waals surface area contributed by atoms with Gasteiger partial charge in [-0.15, -0.1) is 0 Å². The van der Waals surface area contributed by atoms with Crippen molar-refractivity contribution in [3.05, 3.63) is 48.0 Å². The Morgan fingerprint density at radius 1 is 0.933 bits per heavy atom. The number of benzene rings is 2. The third kappa shape index (κ3) is 7.01. The molecule has 2 rings (SSSR count). The van der Waals surface area contributed by atoms with Crippen LogP contribution in [0.4, 0.5) is 10.5 Å². The number of hydrogen-bond acceptors (Lipinski definition) is 7. The topological polar surface area (TPSA) is 107 Å². The van der Waals surface area contributed by atoms with E-state index in [1.807, 2.05) is 0 Å². The molecule has 9 heteroatoms. The van der Waals surface area contributed by atoms with Crippen LogP contribution in [0, 0.1) is 0 Å². The van der Waals surface area contributed by atoms with Gasteiger partial charge in [0.1, 0.15) is 23.9 Å². The number of rotatable bonds is 9. The van der Waals surface area contributed by atoms with E-state index >= 15 is 0 Å². The fourth-order valence-corrected chi connectivity index (χ4v) is 2.42. The van der Waals surface area contributed by atoms with E-state index in [-0.39, 0.29) is 18.9 Å². The second kappa shape index (κ2) is 11.3. The average molecular weight is 415 g/mol. The standard InChI is InChI=1S/C21H25N3O6/c1-14(11-20(25)22-18-12-17(28-3)9-10-19(18)29-4)23-24-21(26)30-13-15-5-7-16(27-2)8-6-15/h5-10,12H,11,13H2,1-4H3,(H,22,25)(H,24,26)/b23-14+. The summed E-state index contributed by atoms with van der Waals surface area (Å²) < 4.78 is 20.5. The molecule has 2 aromatic carbocycles. The van der Waals surface area contributed by atoms with E-state index in [1.165, 1.54) is 14.2 Å². The minimum atomic E-state index is -0.722. The van der Waals surface area contributed by atoms with Crippen molar-refractivity contribution in [3.63, 3.8) is 0 Å². The van der Waals surface area contributed by atoms with Crippen molar-refractivity contribution in [2.45, 2.75) is 20.0 Å². The molecule has 0 fully saturated rings. The van der Waals surface area contributed by atoms with Gasteiger partial charge in [-0.25, -0.2) is 10.2 Å². The number of hydrazone groups is 1. The second-order valence-electron chi connectivity index (χ2n) is 6.17. The van der Waals surface area contributed by atoms with Crippen LogP contribution < -0.4 is 25.0 Å². The van der Waals surface area contributed by atoms with Crippen LogP contribution >= 0.6 is 0 Å². The molecule has 0 bridgehead atoms. The Morgan fingerprint density at radius 3 is 2.23 bits per heavy atom. The molecule has 0 aromatic heterocycles. The number of ether oxygens (including phenoxy) is 4. The van der Waals surface area contributed by atoms with E-state index in [2.05, 4.69) is 15.8 Å². The lowest BCUT2D eigenvalue weighted by Crippen LogP contribution is -2.22. The number of hydrogen-bond donors (Lipinski definition) is 2.